The first-order valence-corrected chi connectivity index (χ1v) is 16.0. The fraction of sp³-hybridized carbons (Fsp3) is 0.455. The molecule has 236 valence electrons. The molecule has 3 fully saturated rings. The number of amides is 1. The molecule has 0 spiro atoms. The number of rotatable bonds is 8. The fourth-order valence-corrected chi connectivity index (χ4v) is 6.76. The lowest BCUT2D eigenvalue weighted by Crippen LogP contribution is -2.52. The van der Waals surface area contributed by atoms with Crippen molar-refractivity contribution in [2.45, 2.75) is 37.8 Å². The Kier molecular flexibility index (Phi) is 8.51. The Balaban J connectivity index is 1.12. The predicted molar refractivity (Wildman–Crippen MR) is 177 cm³/mol. The molecule has 7 rings (SSSR count). The third kappa shape index (κ3) is 6.44. The van der Waals surface area contributed by atoms with Gasteiger partial charge in [-0.05, 0) is 63.1 Å². The van der Waals surface area contributed by atoms with E-state index in [1.165, 1.54) is 31.6 Å². The van der Waals surface area contributed by atoms with Gasteiger partial charge < -0.3 is 35.9 Å². The minimum absolute atomic E-state index is 0.0742. The molecule has 45 heavy (non-hydrogen) atoms. The number of fused-ring (bicyclic) bond motifs is 1. The molecule has 3 saturated heterocycles. The van der Waals surface area contributed by atoms with Gasteiger partial charge in [0.25, 0.3) is 5.91 Å². The topological polar surface area (TPSA) is 141 Å². The number of hydrogen-bond acceptors (Lipinski definition) is 10. The number of nitrogens with zero attached hydrogens (tertiary/aromatic N) is 6. The van der Waals surface area contributed by atoms with E-state index >= 15 is 0 Å². The molecule has 3 aromatic heterocycles. The summed E-state index contributed by atoms with van der Waals surface area (Å²) in [5.74, 6) is 0.235. The number of H-pyrrole nitrogens is 1. The van der Waals surface area contributed by atoms with Crippen LogP contribution in [0.1, 0.15) is 36.2 Å². The number of likely N-dealkylation sites (N-methyl/N-ethyl adjacent to an activating group) is 1. The molecular weight excluding hydrogens is 568 g/mol. The van der Waals surface area contributed by atoms with Gasteiger partial charge in [0.2, 0.25) is 0 Å². The highest BCUT2D eigenvalue weighted by molar-refractivity contribution is 6.00. The highest BCUT2D eigenvalue weighted by Gasteiger charge is 2.27. The summed E-state index contributed by atoms with van der Waals surface area (Å²) in [6, 6.07) is 11.1. The molecule has 5 N–H and O–H groups in total. The van der Waals surface area contributed by atoms with Crippen molar-refractivity contribution in [3.05, 3.63) is 54.6 Å². The second kappa shape index (κ2) is 13.0. The maximum Gasteiger partial charge on any atom is 0.271 e. The normalized spacial score (nSPS) is 19.2. The van der Waals surface area contributed by atoms with Crippen molar-refractivity contribution in [2.75, 3.05) is 75.1 Å². The molecule has 0 saturated carbocycles. The maximum atomic E-state index is 12.7. The smallest absolute Gasteiger partial charge is 0.271 e. The average molecular weight is 611 g/mol. The number of carbonyl (C=O) groups excluding carboxylic acids is 1. The number of aromatic nitrogens is 4. The van der Waals surface area contributed by atoms with Crippen molar-refractivity contribution in [2.24, 2.45) is 5.73 Å². The third-order valence-corrected chi connectivity index (χ3v) is 9.44. The number of piperidine rings is 1. The first-order valence-electron chi connectivity index (χ1n) is 16.0. The van der Waals surface area contributed by atoms with E-state index in [1.807, 2.05) is 24.4 Å². The molecule has 1 aromatic carbocycles. The SMILES string of the molecule is CN1CCN(C2CCN(c3ccc(Nc4nc(NC5CCOCC5)c(-c5cncc6[nH]ccc56)nc4C(N)=O)cc3)CC2)CC1. The fourth-order valence-electron chi connectivity index (χ4n) is 6.76. The second-order valence-corrected chi connectivity index (χ2v) is 12.4. The molecule has 0 radical (unpaired) electrons. The van der Waals surface area contributed by atoms with E-state index in [0.717, 1.165) is 61.2 Å². The number of anilines is 4. The standard InChI is InChI=1S/C33H42N10O2/c1-41-14-16-43(17-15-41)25-7-12-42(13-8-25)24-4-2-22(3-5-24)37-33-30(31(34)44)39-29(27-20-35-21-28-26(27)6-11-36-28)32(40-33)38-23-9-18-45-19-10-23/h2-6,11,20-21,23,25,36H,7-10,12-19H2,1H3,(H2,34,44)(H2,37,38,40). The predicted octanol–water partition coefficient (Wildman–Crippen LogP) is 3.67. The largest absolute Gasteiger partial charge is 0.381 e. The number of hydrogen-bond donors (Lipinski definition) is 4. The van der Waals surface area contributed by atoms with Crippen molar-refractivity contribution in [3.8, 4) is 11.3 Å². The van der Waals surface area contributed by atoms with Crippen molar-refractivity contribution in [1.29, 1.82) is 0 Å². The van der Waals surface area contributed by atoms with Crippen LogP contribution in [0.3, 0.4) is 0 Å². The molecule has 1 amide bonds. The summed E-state index contributed by atoms with van der Waals surface area (Å²) in [6.45, 7) is 8.12. The van der Waals surface area contributed by atoms with Crippen molar-refractivity contribution in [3.63, 3.8) is 0 Å². The molecule has 12 nitrogen and oxygen atoms in total. The van der Waals surface area contributed by atoms with E-state index in [1.54, 1.807) is 12.4 Å². The lowest BCUT2D eigenvalue weighted by atomic mass is 10.0. The molecule has 6 heterocycles. The maximum absolute atomic E-state index is 12.7. The third-order valence-electron chi connectivity index (χ3n) is 9.44. The Hall–Kier alpha value is -4.26. The molecular formula is C33H42N10O2. The molecule has 0 atom stereocenters. The summed E-state index contributed by atoms with van der Waals surface area (Å²) in [5.41, 5.74) is 10.1. The number of nitrogens with two attached hydrogens (primary N) is 1. The van der Waals surface area contributed by atoms with Crippen LogP contribution in [0.2, 0.25) is 0 Å². The molecule has 12 heteroatoms. The summed E-state index contributed by atoms with van der Waals surface area (Å²) in [5, 5.41) is 7.86. The Morgan fingerprint density at radius 2 is 1.69 bits per heavy atom. The molecule has 0 unspecified atom stereocenters. The van der Waals surface area contributed by atoms with E-state index < -0.39 is 5.91 Å². The number of primary amides is 1. The van der Waals surface area contributed by atoms with Crippen LogP contribution in [-0.4, -0.2) is 107 Å². The first-order chi connectivity index (χ1) is 22.0. The van der Waals surface area contributed by atoms with Gasteiger partial charge in [0.1, 0.15) is 5.69 Å². The van der Waals surface area contributed by atoms with Gasteiger partial charge in [-0.1, -0.05) is 0 Å². The zero-order chi connectivity index (χ0) is 30.8. The van der Waals surface area contributed by atoms with Gasteiger partial charge >= 0.3 is 0 Å². The number of pyridine rings is 1. The van der Waals surface area contributed by atoms with Crippen LogP contribution in [0.5, 0.6) is 0 Å². The zero-order valence-electron chi connectivity index (χ0n) is 25.8. The van der Waals surface area contributed by atoms with Crippen molar-refractivity contribution in [1.82, 2.24) is 29.7 Å². The molecule has 0 aliphatic carbocycles. The minimum atomic E-state index is -0.655. The highest BCUT2D eigenvalue weighted by Crippen LogP contribution is 2.34. The van der Waals surface area contributed by atoms with Crippen LogP contribution in [-0.2, 0) is 4.74 Å². The number of benzene rings is 1. The van der Waals surface area contributed by atoms with Gasteiger partial charge in [-0.15, -0.1) is 0 Å². The number of aromatic amines is 1. The van der Waals surface area contributed by atoms with Crippen LogP contribution < -0.4 is 21.3 Å². The molecule has 4 aromatic rings. The van der Waals surface area contributed by atoms with Gasteiger partial charge in [0.15, 0.2) is 17.3 Å². The summed E-state index contributed by atoms with van der Waals surface area (Å²) in [6.07, 6.45) is 9.44. The number of nitrogens with one attached hydrogen (secondary N) is 3. The molecule has 0 bridgehead atoms. The van der Waals surface area contributed by atoms with Gasteiger partial charge in [-0.25, -0.2) is 9.97 Å². The van der Waals surface area contributed by atoms with Crippen molar-refractivity contribution >= 4 is 39.8 Å². The van der Waals surface area contributed by atoms with E-state index in [2.05, 4.69) is 54.5 Å². The Morgan fingerprint density at radius 1 is 0.933 bits per heavy atom. The summed E-state index contributed by atoms with van der Waals surface area (Å²) < 4.78 is 5.57. The average Bonchev–Trinajstić information content (AvgIpc) is 3.56. The van der Waals surface area contributed by atoms with E-state index in [9.17, 15) is 4.79 Å². The van der Waals surface area contributed by atoms with Crippen LogP contribution in [0.15, 0.2) is 48.9 Å². The molecule has 3 aliphatic heterocycles. The van der Waals surface area contributed by atoms with Gasteiger partial charge in [-0.2, -0.15) is 0 Å². The Morgan fingerprint density at radius 3 is 2.42 bits per heavy atom. The van der Waals surface area contributed by atoms with Gasteiger partial charge in [-0.3, -0.25) is 14.7 Å². The van der Waals surface area contributed by atoms with Crippen LogP contribution in [0.4, 0.5) is 23.0 Å². The van der Waals surface area contributed by atoms with E-state index in [4.69, 9.17) is 20.4 Å². The summed E-state index contributed by atoms with van der Waals surface area (Å²) in [4.78, 5) is 37.6. The Bertz CT molecular complexity index is 1620. The summed E-state index contributed by atoms with van der Waals surface area (Å²) in [7, 11) is 2.21. The minimum Gasteiger partial charge on any atom is -0.381 e. The quantitative estimate of drug-likeness (QED) is 0.234. The van der Waals surface area contributed by atoms with Crippen LogP contribution in [0.25, 0.3) is 22.2 Å². The first kappa shape index (κ1) is 29.5. The lowest BCUT2D eigenvalue weighted by Gasteiger charge is -2.42. The van der Waals surface area contributed by atoms with Crippen LogP contribution in [0, 0.1) is 0 Å². The lowest BCUT2D eigenvalue weighted by molar-refractivity contribution is 0.0904. The monoisotopic (exact) mass is 610 g/mol. The number of piperazine rings is 1. The van der Waals surface area contributed by atoms with Gasteiger partial charge in [0.05, 0.1) is 11.7 Å². The Labute approximate surface area is 263 Å². The number of carbonyl (C=O) groups is 1. The summed E-state index contributed by atoms with van der Waals surface area (Å²) >= 11 is 0. The van der Waals surface area contributed by atoms with Crippen molar-refractivity contribution < 1.29 is 9.53 Å². The zero-order valence-corrected chi connectivity index (χ0v) is 25.8. The second-order valence-electron chi connectivity index (χ2n) is 12.4. The number of ether oxygens (including phenoxy) is 1. The van der Waals surface area contributed by atoms with E-state index in [0.29, 0.717) is 36.6 Å². The van der Waals surface area contributed by atoms with E-state index in [-0.39, 0.29) is 11.7 Å². The van der Waals surface area contributed by atoms with Gasteiger partial charge in [0, 0.05) is 99.3 Å². The van der Waals surface area contributed by atoms with Crippen LogP contribution >= 0.6 is 0 Å². The molecule has 3 aliphatic rings. The highest BCUT2D eigenvalue weighted by atomic mass is 16.5.